The Morgan fingerprint density at radius 1 is 0.914 bits per heavy atom. The van der Waals surface area contributed by atoms with Gasteiger partial charge >= 0.3 is 0 Å². The summed E-state index contributed by atoms with van der Waals surface area (Å²) in [7, 11) is 1.61. The van der Waals surface area contributed by atoms with Gasteiger partial charge in [0.1, 0.15) is 5.75 Å². The van der Waals surface area contributed by atoms with Gasteiger partial charge in [-0.3, -0.25) is 0 Å². The van der Waals surface area contributed by atoms with E-state index in [9.17, 15) is 5.11 Å². The second-order valence-corrected chi connectivity index (χ2v) is 9.81. The van der Waals surface area contributed by atoms with Crippen LogP contribution in [0, 0.1) is 0 Å². The van der Waals surface area contributed by atoms with Crippen molar-refractivity contribution < 1.29 is 9.84 Å². The number of aliphatic hydroxyl groups is 1. The maximum atomic E-state index is 11.6. The van der Waals surface area contributed by atoms with Crippen molar-refractivity contribution in [2.75, 3.05) is 26.7 Å². The van der Waals surface area contributed by atoms with Crippen LogP contribution in [0.15, 0.2) is 48.5 Å². The van der Waals surface area contributed by atoms with E-state index in [4.69, 9.17) is 21.3 Å². The number of rotatable bonds is 15. The number of fused-ring (bicyclic) bond motifs is 1. The Kier molecular flexibility index (Phi) is 11.3. The van der Waals surface area contributed by atoms with E-state index in [0.717, 1.165) is 40.8 Å². The van der Waals surface area contributed by atoms with Crippen LogP contribution in [0.5, 0.6) is 5.75 Å². The lowest BCUT2D eigenvalue weighted by Crippen LogP contribution is -2.31. The first-order valence-corrected chi connectivity index (χ1v) is 13.6. The number of methoxy groups -OCH3 is 1. The molecule has 1 aromatic heterocycles. The summed E-state index contributed by atoms with van der Waals surface area (Å²) in [5.74, 6) is 0.595. The number of nitrogens with zero attached hydrogens (tertiary/aromatic N) is 2. The molecule has 5 heteroatoms. The third-order valence-electron chi connectivity index (χ3n) is 6.63. The smallest absolute Gasteiger partial charge is 0.138 e. The maximum Gasteiger partial charge on any atom is 0.138 e. The first-order chi connectivity index (χ1) is 17.1. The van der Waals surface area contributed by atoms with Gasteiger partial charge in [-0.2, -0.15) is 0 Å². The highest BCUT2D eigenvalue weighted by atomic mass is 35.5. The van der Waals surface area contributed by atoms with Crippen molar-refractivity contribution in [1.29, 1.82) is 0 Å². The number of benzene rings is 2. The van der Waals surface area contributed by atoms with Crippen molar-refractivity contribution >= 4 is 22.5 Å². The van der Waals surface area contributed by atoms with Crippen LogP contribution in [0.4, 0.5) is 0 Å². The molecule has 1 N–H and O–H groups in total. The molecule has 0 radical (unpaired) electrons. The van der Waals surface area contributed by atoms with Crippen LogP contribution < -0.4 is 4.74 Å². The number of hydrogen-bond donors (Lipinski definition) is 1. The molecule has 3 rings (SSSR count). The molecular weight excluding hydrogens is 456 g/mol. The highest BCUT2D eigenvalue weighted by Crippen LogP contribution is 2.35. The van der Waals surface area contributed by atoms with E-state index >= 15 is 0 Å². The quantitative estimate of drug-likeness (QED) is 0.216. The first-order valence-electron chi connectivity index (χ1n) is 13.2. The largest absolute Gasteiger partial charge is 0.495 e. The van der Waals surface area contributed by atoms with E-state index in [1.165, 1.54) is 51.4 Å². The zero-order valence-electron chi connectivity index (χ0n) is 21.6. The lowest BCUT2D eigenvalue weighted by atomic mass is 9.99. The highest BCUT2D eigenvalue weighted by molar-refractivity contribution is 6.32. The van der Waals surface area contributed by atoms with Crippen molar-refractivity contribution in [2.45, 2.75) is 71.3 Å². The lowest BCUT2D eigenvalue weighted by Gasteiger charge is -2.26. The van der Waals surface area contributed by atoms with E-state index < -0.39 is 6.10 Å². The Bertz CT molecular complexity index is 1030. The van der Waals surface area contributed by atoms with Crippen LogP contribution in [0.25, 0.3) is 22.2 Å². The molecule has 0 saturated carbocycles. The fourth-order valence-corrected chi connectivity index (χ4v) is 4.84. The van der Waals surface area contributed by atoms with E-state index in [0.29, 0.717) is 17.3 Å². The Hall–Kier alpha value is -2.14. The van der Waals surface area contributed by atoms with Crippen molar-refractivity contribution in [3.05, 3.63) is 59.1 Å². The first kappa shape index (κ1) is 27.4. The Morgan fingerprint density at radius 3 is 2.17 bits per heavy atom. The standard InChI is InChI=1S/C30H41ClN2O2/c1-4-6-8-13-17-33(18-14-9-7-5-2)22-29(34)25-19-27(23-15-11-10-12-16-23)32-28-21-26(31)30(35-3)20-24(25)28/h10-12,15-16,19-21,29,34H,4-9,13-14,17-18,22H2,1-3H3/t29-/m0/s1. The molecule has 0 saturated heterocycles. The number of ether oxygens (including phenoxy) is 1. The fourth-order valence-electron chi connectivity index (χ4n) is 4.60. The normalized spacial score (nSPS) is 12.4. The maximum absolute atomic E-state index is 11.6. The average molecular weight is 497 g/mol. The van der Waals surface area contributed by atoms with Crippen LogP contribution in [0.1, 0.15) is 76.9 Å². The van der Waals surface area contributed by atoms with Gasteiger partial charge in [0.05, 0.1) is 29.4 Å². The minimum Gasteiger partial charge on any atom is -0.495 e. The molecule has 0 unspecified atom stereocenters. The van der Waals surface area contributed by atoms with Gasteiger partial charge in [0.25, 0.3) is 0 Å². The Labute approximate surface area is 216 Å². The van der Waals surface area contributed by atoms with Gasteiger partial charge in [0, 0.05) is 17.5 Å². The van der Waals surface area contributed by atoms with Gasteiger partial charge in [-0.05, 0) is 49.7 Å². The van der Waals surface area contributed by atoms with Gasteiger partial charge in [-0.1, -0.05) is 94.3 Å². The van der Waals surface area contributed by atoms with Gasteiger partial charge < -0.3 is 14.7 Å². The molecule has 1 heterocycles. The van der Waals surface area contributed by atoms with Crippen molar-refractivity contribution in [2.24, 2.45) is 0 Å². The average Bonchev–Trinajstić information content (AvgIpc) is 2.88. The van der Waals surface area contributed by atoms with E-state index in [1.807, 2.05) is 48.5 Å². The molecular formula is C30H41ClN2O2. The molecule has 4 nitrogen and oxygen atoms in total. The van der Waals surface area contributed by atoms with Gasteiger partial charge in [-0.25, -0.2) is 4.98 Å². The molecule has 0 spiro atoms. The number of halogens is 1. The molecule has 190 valence electrons. The van der Waals surface area contributed by atoms with E-state index in [1.54, 1.807) is 7.11 Å². The van der Waals surface area contributed by atoms with E-state index in [2.05, 4.69) is 18.7 Å². The SMILES string of the molecule is CCCCCCN(CCCCCC)C[C@H](O)c1cc(-c2ccccc2)nc2cc(Cl)c(OC)cc12. The van der Waals surface area contributed by atoms with Gasteiger partial charge in [0.2, 0.25) is 0 Å². The molecule has 3 aromatic rings. The minimum atomic E-state index is -0.633. The molecule has 2 aromatic carbocycles. The van der Waals surface area contributed by atoms with Crippen LogP contribution in [0.3, 0.4) is 0 Å². The molecule has 0 aliphatic carbocycles. The number of unbranched alkanes of at least 4 members (excludes halogenated alkanes) is 6. The van der Waals surface area contributed by atoms with Gasteiger partial charge in [-0.15, -0.1) is 0 Å². The van der Waals surface area contributed by atoms with Crippen LogP contribution in [-0.4, -0.2) is 41.7 Å². The minimum absolute atomic E-state index is 0.520. The molecule has 35 heavy (non-hydrogen) atoms. The Morgan fingerprint density at radius 2 is 1.57 bits per heavy atom. The van der Waals surface area contributed by atoms with E-state index in [-0.39, 0.29) is 0 Å². The van der Waals surface area contributed by atoms with Gasteiger partial charge in [0.15, 0.2) is 0 Å². The zero-order chi connectivity index (χ0) is 25.0. The molecule has 0 bridgehead atoms. The molecule has 1 atom stereocenters. The predicted octanol–water partition coefficient (Wildman–Crippen LogP) is 8.06. The number of pyridine rings is 1. The molecule has 0 amide bonds. The third-order valence-corrected chi connectivity index (χ3v) is 6.93. The summed E-state index contributed by atoms with van der Waals surface area (Å²) in [5, 5.41) is 13.0. The lowest BCUT2D eigenvalue weighted by molar-refractivity contribution is 0.111. The third kappa shape index (κ3) is 7.93. The predicted molar refractivity (Wildman–Crippen MR) is 148 cm³/mol. The zero-order valence-corrected chi connectivity index (χ0v) is 22.4. The molecule has 0 aliphatic heterocycles. The summed E-state index contributed by atoms with van der Waals surface area (Å²) in [6, 6.07) is 15.9. The molecule has 0 fully saturated rings. The number of hydrogen-bond acceptors (Lipinski definition) is 4. The summed E-state index contributed by atoms with van der Waals surface area (Å²) >= 11 is 6.45. The summed E-state index contributed by atoms with van der Waals surface area (Å²) < 4.78 is 5.48. The number of aliphatic hydroxyl groups excluding tert-OH is 1. The van der Waals surface area contributed by atoms with Crippen LogP contribution >= 0.6 is 11.6 Å². The summed E-state index contributed by atoms with van der Waals surface area (Å²) in [6.45, 7) is 7.13. The van der Waals surface area contributed by atoms with Crippen molar-refractivity contribution in [3.63, 3.8) is 0 Å². The summed E-state index contributed by atoms with van der Waals surface area (Å²) in [4.78, 5) is 7.32. The van der Waals surface area contributed by atoms with Crippen LogP contribution in [-0.2, 0) is 0 Å². The Balaban J connectivity index is 1.92. The summed E-state index contributed by atoms with van der Waals surface area (Å²) in [6.07, 6.45) is 9.18. The molecule has 0 aliphatic rings. The van der Waals surface area contributed by atoms with Crippen molar-refractivity contribution in [1.82, 2.24) is 9.88 Å². The number of aromatic nitrogens is 1. The van der Waals surface area contributed by atoms with Crippen molar-refractivity contribution in [3.8, 4) is 17.0 Å². The monoisotopic (exact) mass is 496 g/mol. The second kappa shape index (κ2) is 14.4. The highest BCUT2D eigenvalue weighted by Gasteiger charge is 2.19. The van der Waals surface area contributed by atoms with Crippen LogP contribution in [0.2, 0.25) is 5.02 Å². The second-order valence-electron chi connectivity index (χ2n) is 9.40. The topological polar surface area (TPSA) is 45.6 Å². The summed E-state index contributed by atoms with van der Waals surface area (Å²) in [5.41, 5.74) is 3.50. The fraction of sp³-hybridized carbons (Fsp3) is 0.500.